The van der Waals surface area contributed by atoms with Crippen LogP contribution in [0.25, 0.3) is 0 Å². The summed E-state index contributed by atoms with van der Waals surface area (Å²) < 4.78 is 0. The number of amides is 1. The van der Waals surface area contributed by atoms with Crippen LogP contribution in [0, 0.1) is 0 Å². The molecular formula is C16H23N3O. The molecule has 2 atom stereocenters. The monoisotopic (exact) mass is 273 g/mol. The number of carbonyl (C=O) groups excluding carboxylic acids is 1. The van der Waals surface area contributed by atoms with Gasteiger partial charge in [-0.15, -0.1) is 0 Å². The minimum atomic E-state index is 0.205. The highest BCUT2D eigenvalue weighted by Crippen LogP contribution is 2.31. The summed E-state index contributed by atoms with van der Waals surface area (Å²) in [6, 6.07) is 8.71. The van der Waals surface area contributed by atoms with Gasteiger partial charge in [-0.05, 0) is 44.4 Å². The normalized spacial score (nSPS) is 26.6. The molecule has 20 heavy (non-hydrogen) atoms. The van der Waals surface area contributed by atoms with E-state index < -0.39 is 0 Å². The fourth-order valence-electron chi connectivity index (χ4n) is 3.45. The van der Waals surface area contributed by atoms with E-state index in [0.29, 0.717) is 6.54 Å². The Balaban J connectivity index is 1.71. The van der Waals surface area contributed by atoms with Crippen LogP contribution in [0.15, 0.2) is 24.3 Å². The zero-order chi connectivity index (χ0) is 14.1. The average molecular weight is 273 g/mol. The summed E-state index contributed by atoms with van der Waals surface area (Å²) in [5.74, 6) is 0.205. The summed E-state index contributed by atoms with van der Waals surface area (Å²) in [4.78, 5) is 16.8. The number of carbonyl (C=O) groups is 1. The Morgan fingerprint density at radius 3 is 3.00 bits per heavy atom. The number of rotatable bonds is 2. The molecule has 1 amide bonds. The molecule has 1 aromatic rings. The Bertz CT molecular complexity index is 502. The number of hydrogen-bond acceptors (Lipinski definition) is 3. The van der Waals surface area contributed by atoms with Gasteiger partial charge in [0.25, 0.3) is 0 Å². The van der Waals surface area contributed by atoms with Gasteiger partial charge in [-0.1, -0.05) is 18.2 Å². The highest BCUT2D eigenvalue weighted by molar-refractivity contribution is 5.97. The lowest BCUT2D eigenvalue weighted by molar-refractivity contribution is -0.120. The molecule has 0 spiro atoms. The maximum Gasteiger partial charge on any atom is 0.241 e. The van der Waals surface area contributed by atoms with Gasteiger partial charge >= 0.3 is 0 Å². The van der Waals surface area contributed by atoms with E-state index in [2.05, 4.69) is 24.0 Å². The third-order valence-electron chi connectivity index (χ3n) is 4.38. The maximum absolute atomic E-state index is 12.6. The van der Waals surface area contributed by atoms with Gasteiger partial charge in [0.15, 0.2) is 0 Å². The Kier molecular flexibility index (Phi) is 3.76. The van der Waals surface area contributed by atoms with E-state index in [1.54, 1.807) is 0 Å². The fourth-order valence-corrected chi connectivity index (χ4v) is 3.45. The molecule has 1 fully saturated rings. The first kappa shape index (κ1) is 13.6. The molecule has 4 nitrogen and oxygen atoms in total. The lowest BCUT2D eigenvalue weighted by Crippen LogP contribution is -2.49. The standard InChI is InChI=1S/C16H23N3O/c1-12-9-13-5-2-3-7-15(13)19(12)16(20)11-18-8-4-6-14(17)10-18/h2-3,5,7,12,14H,4,6,8-11,17H2,1H3/t12?,14-/m1/s1. The Hall–Kier alpha value is -1.39. The van der Waals surface area contributed by atoms with Gasteiger partial charge in [-0.2, -0.15) is 0 Å². The van der Waals surface area contributed by atoms with Gasteiger partial charge in [0, 0.05) is 24.3 Å². The first-order valence-corrected chi connectivity index (χ1v) is 7.53. The highest BCUT2D eigenvalue weighted by Gasteiger charge is 2.31. The van der Waals surface area contributed by atoms with Gasteiger partial charge in [-0.25, -0.2) is 0 Å². The molecule has 1 unspecified atom stereocenters. The molecule has 0 aliphatic carbocycles. The van der Waals surface area contributed by atoms with Crippen molar-refractivity contribution in [2.24, 2.45) is 5.73 Å². The zero-order valence-corrected chi connectivity index (χ0v) is 12.1. The molecule has 1 aromatic carbocycles. The average Bonchev–Trinajstić information content (AvgIpc) is 2.74. The number of nitrogens with two attached hydrogens (primary N) is 1. The van der Waals surface area contributed by atoms with Crippen molar-refractivity contribution in [3.63, 3.8) is 0 Å². The van der Waals surface area contributed by atoms with Crippen LogP contribution in [0.1, 0.15) is 25.3 Å². The zero-order valence-electron chi connectivity index (χ0n) is 12.1. The molecule has 1 saturated heterocycles. The number of likely N-dealkylation sites (tertiary alicyclic amines) is 1. The van der Waals surface area contributed by atoms with Crippen molar-refractivity contribution in [1.29, 1.82) is 0 Å². The summed E-state index contributed by atoms with van der Waals surface area (Å²) >= 11 is 0. The van der Waals surface area contributed by atoms with Gasteiger partial charge in [0.05, 0.1) is 6.54 Å². The molecule has 0 aromatic heterocycles. The molecule has 0 saturated carbocycles. The first-order chi connectivity index (χ1) is 9.65. The summed E-state index contributed by atoms with van der Waals surface area (Å²) in [7, 11) is 0. The number of hydrogen-bond donors (Lipinski definition) is 1. The number of nitrogens with zero attached hydrogens (tertiary/aromatic N) is 2. The number of piperidine rings is 1. The second-order valence-electron chi connectivity index (χ2n) is 6.08. The van der Waals surface area contributed by atoms with Gasteiger partial charge < -0.3 is 10.6 Å². The predicted molar refractivity (Wildman–Crippen MR) is 80.7 cm³/mol. The molecule has 0 radical (unpaired) electrons. The number of para-hydroxylation sites is 1. The Labute approximate surface area is 120 Å². The number of anilines is 1. The summed E-state index contributed by atoms with van der Waals surface area (Å²) in [6.07, 6.45) is 3.13. The van der Waals surface area contributed by atoms with Crippen molar-refractivity contribution in [3.05, 3.63) is 29.8 Å². The van der Waals surface area contributed by atoms with Gasteiger partial charge in [0.1, 0.15) is 0 Å². The molecular weight excluding hydrogens is 250 g/mol. The topological polar surface area (TPSA) is 49.6 Å². The number of fused-ring (bicyclic) bond motifs is 1. The van der Waals surface area contributed by atoms with E-state index in [9.17, 15) is 4.79 Å². The van der Waals surface area contributed by atoms with Crippen LogP contribution in [0.5, 0.6) is 0 Å². The largest absolute Gasteiger partial charge is 0.327 e. The Morgan fingerprint density at radius 1 is 1.40 bits per heavy atom. The van der Waals surface area contributed by atoms with Gasteiger partial charge in [-0.3, -0.25) is 9.69 Å². The molecule has 2 aliphatic rings. The fraction of sp³-hybridized carbons (Fsp3) is 0.562. The van der Waals surface area contributed by atoms with Gasteiger partial charge in [0.2, 0.25) is 5.91 Å². The quantitative estimate of drug-likeness (QED) is 0.886. The molecule has 2 aliphatic heterocycles. The van der Waals surface area contributed by atoms with Crippen molar-refractivity contribution in [3.8, 4) is 0 Å². The first-order valence-electron chi connectivity index (χ1n) is 7.53. The molecule has 2 heterocycles. The number of benzene rings is 1. The van der Waals surface area contributed by atoms with Crippen LogP contribution >= 0.6 is 0 Å². The van der Waals surface area contributed by atoms with E-state index in [1.807, 2.05) is 17.0 Å². The summed E-state index contributed by atoms with van der Waals surface area (Å²) in [5.41, 5.74) is 8.36. The Morgan fingerprint density at radius 2 is 2.20 bits per heavy atom. The van der Waals surface area contributed by atoms with E-state index in [4.69, 9.17) is 5.73 Å². The lowest BCUT2D eigenvalue weighted by atomic mass is 10.1. The van der Waals surface area contributed by atoms with Crippen LogP contribution in [0.4, 0.5) is 5.69 Å². The second kappa shape index (κ2) is 5.54. The molecule has 0 bridgehead atoms. The van der Waals surface area contributed by atoms with Crippen LogP contribution in [-0.2, 0) is 11.2 Å². The third-order valence-corrected chi connectivity index (χ3v) is 4.38. The van der Waals surface area contributed by atoms with Crippen LogP contribution in [-0.4, -0.2) is 42.5 Å². The molecule has 2 N–H and O–H groups in total. The highest BCUT2D eigenvalue weighted by atomic mass is 16.2. The van der Waals surface area contributed by atoms with Crippen molar-refractivity contribution in [2.45, 2.75) is 38.3 Å². The van der Waals surface area contributed by atoms with Crippen LogP contribution in [0.2, 0.25) is 0 Å². The maximum atomic E-state index is 12.6. The minimum Gasteiger partial charge on any atom is -0.327 e. The third kappa shape index (κ3) is 2.58. The molecule has 3 rings (SSSR count). The smallest absolute Gasteiger partial charge is 0.241 e. The summed E-state index contributed by atoms with van der Waals surface area (Å²) in [5, 5.41) is 0. The molecule has 108 valence electrons. The molecule has 4 heteroatoms. The summed E-state index contributed by atoms with van der Waals surface area (Å²) in [6.45, 7) is 4.45. The lowest BCUT2D eigenvalue weighted by Gasteiger charge is -2.32. The van der Waals surface area contributed by atoms with E-state index in [0.717, 1.165) is 38.0 Å². The van der Waals surface area contributed by atoms with E-state index >= 15 is 0 Å². The van der Waals surface area contributed by atoms with E-state index in [1.165, 1.54) is 5.56 Å². The second-order valence-corrected chi connectivity index (χ2v) is 6.08. The van der Waals surface area contributed by atoms with Crippen molar-refractivity contribution in [1.82, 2.24) is 4.90 Å². The SMILES string of the molecule is CC1Cc2ccccc2N1C(=O)CN1CCC[C@@H](N)C1. The predicted octanol–water partition coefficient (Wildman–Crippen LogP) is 1.39. The van der Waals surface area contributed by atoms with Crippen LogP contribution in [0.3, 0.4) is 0 Å². The van der Waals surface area contributed by atoms with E-state index in [-0.39, 0.29) is 18.0 Å². The van der Waals surface area contributed by atoms with Crippen molar-refractivity contribution >= 4 is 11.6 Å². The van der Waals surface area contributed by atoms with Crippen molar-refractivity contribution < 1.29 is 4.79 Å². The van der Waals surface area contributed by atoms with Crippen molar-refractivity contribution in [2.75, 3.05) is 24.5 Å². The van der Waals surface area contributed by atoms with Crippen LogP contribution < -0.4 is 10.6 Å². The minimum absolute atomic E-state index is 0.205.